The summed E-state index contributed by atoms with van der Waals surface area (Å²) in [5.41, 5.74) is 6.36. The molecule has 0 aliphatic carbocycles. The molecule has 0 unspecified atom stereocenters. The van der Waals surface area contributed by atoms with E-state index in [1.54, 1.807) is 26.2 Å². The number of hydrogen-bond acceptors (Lipinski definition) is 5. The van der Waals surface area contributed by atoms with Crippen molar-refractivity contribution in [1.82, 2.24) is 4.90 Å². The molecule has 0 bridgehead atoms. The van der Waals surface area contributed by atoms with Gasteiger partial charge >= 0.3 is 5.97 Å². The minimum Gasteiger partial charge on any atom is -0.461 e. The molecule has 5 nitrogen and oxygen atoms in total. The Kier molecular flexibility index (Phi) is 4.24. The van der Waals surface area contributed by atoms with Crippen LogP contribution < -0.4 is 5.73 Å². The zero-order valence-electron chi connectivity index (χ0n) is 11.4. The predicted octanol–water partition coefficient (Wildman–Crippen LogP) is 2.12. The Morgan fingerprint density at radius 3 is 2.75 bits per heavy atom. The maximum Gasteiger partial charge on any atom is 0.348 e. The first kappa shape index (κ1) is 14.3. The number of hydrogen-bond donors (Lipinski definition) is 1. The van der Waals surface area contributed by atoms with Crippen LogP contribution in [-0.4, -0.2) is 37.5 Å². The topological polar surface area (TPSA) is 72.6 Å². The van der Waals surface area contributed by atoms with Gasteiger partial charge in [-0.25, -0.2) is 4.79 Å². The number of esters is 1. The molecular weight excluding hydrogens is 276 g/mol. The van der Waals surface area contributed by atoms with Crippen molar-refractivity contribution in [3.8, 4) is 0 Å². The predicted molar refractivity (Wildman–Crippen MR) is 79.8 cm³/mol. The zero-order valence-corrected chi connectivity index (χ0v) is 12.2. The van der Waals surface area contributed by atoms with Gasteiger partial charge in [0.05, 0.1) is 6.42 Å². The Hall–Kier alpha value is -2.08. The number of rotatable bonds is 4. The molecule has 1 aromatic carbocycles. The Morgan fingerprint density at radius 2 is 2.05 bits per heavy atom. The van der Waals surface area contributed by atoms with E-state index in [2.05, 4.69) is 0 Å². The minimum atomic E-state index is -0.406. The highest BCUT2D eigenvalue weighted by Gasteiger charge is 2.13. The first-order valence-corrected chi connectivity index (χ1v) is 6.95. The van der Waals surface area contributed by atoms with Crippen LogP contribution in [0.1, 0.15) is 16.1 Å². The lowest BCUT2D eigenvalue weighted by Crippen LogP contribution is -2.23. The third-order valence-electron chi connectivity index (χ3n) is 2.79. The summed E-state index contributed by atoms with van der Waals surface area (Å²) >= 11 is 1.35. The summed E-state index contributed by atoms with van der Waals surface area (Å²) in [4.78, 5) is 25.2. The molecule has 1 aromatic heterocycles. The lowest BCUT2D eigenvalue weighted by Gasteiger charge is -2.09. The largest absolute Gasteiger partial charge is 0.461 e. The van der Waals surface area contributed by atoms with Crippen molar-refractivity contribution in [2.75, 3.05) is 26.4 Å². The third kappa shape index (κ3) is 3.27. The van der Waals surface area contributed by atoms with Crippen molar-refractivity contribution in [2.45, 2.75) is 6.42 Å². The van der Waals surface area contributed by atoms with Gasteiger partial charge in [-0.05, 0) is 29.7 Å². The van der Waals surface area contributed by atoms with Crippen LogP contribution in [0.15, 0.2) is 24.3 Å². The number of anilines is 1. The van der Waals surface area contributed by atoms with Gasteiger partial charge in [0.2, 0.25) is 5.91 Å². The van der Waals surface area contributed by atoms with Crippen molar-refractivity contribution in [2.24, 2.45) is 0 Å². The average Bonchev–Trinajstić information content (AvgIpc) is 2.81. The Labute approximate surface area is 120 Å². The Morgan fingerprint density at radius 1 is 1.30 bits per heavy atom. The van der Waals surface area contributed by atoms with E-state index in [0.717, 1.165) is 10.1 Å². The quantitative estimate of drug-likeness (QED) is 0.692. The number of amides is 1. The van der Waals surface area contributed by atoms with Gasteiger partial charge in [0.25, 0.3) is 0 Å². The summed E-state index contributed by atoms with van der Waals surface area (Å²) in [5, 5.41) is 0.923. The average molecular weight is 292 g/mol. The summed E-state index contributed by atoms with van der Waals surface area (Å²) in [7, 11) is 3.33. The molecule has 1 heterocycles. The van der Waals surface area contributed by atoms with Crippen LogP contribution >= 0.6 is 11.3 Å². The van der Waals surface area contributed by atoms with E-state index in [1.165, 1.54) is 16.2 Å². The zero-order chi connectivity index (χ0) is 14.7. The fourth-order valence-corrected chi connectivity index (χ4v) is 2.63. The van der Waals surface area contributed by atoms with Crippen LogP contribution in [0.4, 0.5) is 5.69 Å². The number of nitrogen functional groups attached to an aromatic ring is 1. The fraction of sp³-hybridized carbons (Fsp3) is 0.286. The summed E-state index contributed by atoms with van der Waals surface area (Å²) in [6.45, 7) is 0.0895. The standard InChI is InChI=1S/C14H16N2O3S/c1-16(2)13(17)5-6-19-14(18)12-8-9-7-10(15)3-4-11(9)20-12/h3-4,7-8H,5-6,15H2,1-2H3. The fourth-order valence-electron chi connectivity index (χ4n) is 1.69. The van der Waals surface area contributed by atoms with Gasteiger partial charge in [-0.15, -0.1) is 11.3 Å². The van der Waals surface area contributed by atoms with E-state index in [9.17, 15) is 9.59 Å². The van der Waals surface area contributed by atoms with Crippen LogP contribution in [0.5, 0.6) is 0 Å². The second-order valence-corrected chi connectivity index (χ2v) is 5.67. The molecule has 0 spiro atoms. The summed E-state index contributed by atoms with van der Waals surface area (Å²) in [6, 6.07) is 7.25. The van der Waals surface area contributed by atoms with Gasteiger partial charge in [-0.2, -0.15) is 0 Å². The van der Waals surface area contributed by atoms with E-state index >= 15 is 0 Å². The van der Waals surface area contributed by atoms with Crippen LogP contribution in [0.25, 0.3) is 10.1 Å². The molecule has 0 saturated heterocycles. The monoisotopic (exact) mass is 292 g/mol. The number of nitrogens with two attached hydrogens (primary N) is 1. The maximum atomic E-state index is 11.9. The number of carbonyl (C=O) groups is 2. The van der Waals surface area contributed by atoms with Gasteiger partial charge < -0.3 is 15.4 Å². The number of thiophene rings is 1. The molecule has 2 aromatic rings. The molecule has 106 valence electrons. The molecule has 2 N–H and O–H groups in total. The Bertz CT molecular complexity index is 649. The normalized spacial score (nSPS) is 10.5. The molecule has 0 aliphatic heterocycles. The van der Waals surface area contributed by atoms with Crippen molar-refractivity contribution in [3.05, 3.63) is 29.1 Å². The van der Waals surface area contributed by atoms with E-state index in [1.807, 2.05) is 12.1 Å². The number of ether oxygens (including phenoxy) is 1. The summed E-state index contributed by atoms with van der Waals surface area (Å²) in [5.74, 6) is -0.474. The first-order valence-electron chi connectivity index (χ1n) is 6.13. The van der Waals surface area contributed by atoms with Gasteiger partial charge in [0.15, 0.2) is 0 Å². The molecule has 0 atom stereocenters. The first-order chi connectivity index (χ1) is 9.47. The lowest BCUT2D eigenvalue weighted by molar-refractivity contribution is -0.129. The van der Waals surface area contributed by atoms with Gasteiger partial charge in [-0.3, -0.25) is 4.79 Å². The minimum absolute atomic E-state index is 0.0677. The molecule has 0 aliphatic rings. The number of fused-ring (bicyclic) bond motifs is 1. The highest BCUT2D eigenvalue weighted by Crippen LogP contribution is 2.27. The van der Waals surface area contributed by atoms with Crippen LogP contribution in [0.2, 0.25) is 0 Å². The molecule has 0 radical (unpaired) electrons. The summed E-state index contributed by atoms with van der Waals surface area (Å²) in [6.07, 6.45) is 0.191. The molecule has 0 saturated carbocycles. The van der Waals surface area contributed by atoms with Gasteiger partial charge in [0, 0.05) is 24.5 Å². The van der Waals surface area contributed by atoms with Crippen molar-refractivity contribution in [1.29, 1.82) is 0 Å². The number of nitrogens with zero attached hydrogens (tertiary/aromatic N) is 1. The van der Waals surface area contributed by atoms with E-state index in [4.69, 9.17) is 10.5 Å². The van der Waals surface area contributed by atoms with Crippen molar-refractivity contribution >= 4 is 39.0 Å². The number of carbonyl (C=O) groups excluding carboxylic acids is 2. The van der Waals surface area contributed by atoms with Crippen molar-refractivity contribution in [3.63, 3.8) is 0 Å². The second-order valence-electron chi connectivity index (χ2n) is 4.58. The van der Waals surface area contributed by atoms with Crippen LogP contribution in [0, 0.1) is 0 Å². The Balaban J connectivity index is 1.99. The SMILES string of the molecule is CN(C)C(=O)CCOC(=O)c1cc2cc(N)ccc2s1. The lowest BCUT2D eigenvalue weighted by atomic mass is 10.2. The number of benzene rings is 1. The van der Waals surface area contributed by atoms with Crippen LogP contribution in [0.3, 0.4) is 0 Å². The highest BCUT2D eigenvalue weighted by molar-refractivity contribution is 7.20. The van der Waals surface area contributed by atoms with E-state index in [-0.39, 0.29) is 18.9 Å². The summed E-state index contributed by atoms with van der Waals surface area (Å²) < 4.78 is 6.08. The molecule has 6 heteroatoms. The second kappa shape index (κ2) is 5.92. The van der Waals surface area contributed by atoms with Gasteiger partial charge in [0.1, 0.15) is 11.5 Å². The maximum absolute atomic E-state index is 11.9. The molecule has 1 amide bonds. The van der Waals surface area contributed by atoms with Crippen molar-refractivity contribution < 1.29 is 14.3 Å². The van der Waals surface area contributed by atoms with Gasteiger partial charge in [-0.1, -0.05) is 0 Å². The van der Waals surface area contributed by atoms with Crippen LogP contribution in [-0.2, 0) is 9.53 Å². The molecular formula is C14H16N2O3S. The highest BCUT2D eigenvalue weighted by atomic mass is 32.1. The molecule has 20 heavy (non-hydrogen) atoms. The van der Waals surface area contributed by atoms with E-state index in [0.29, 0.717) is 10.6 Å². The third-order valence-corrected chi connectivity index (χ3v) is 3.89. The smallest absolute Gasteiger partial charge is 0.348 e. The van der Waals surface area contributed by atoms with E-state index < -0.39 is 5.97 Å². The molecule has 0 fully saturated rings. The molecule has 2 rings (SSSR count).